The van der Waals surface area contributed by atoms with Gasteiger partial charge in [0.1, 0.15) is 23.9 Å². The summed E-state index contributed by atoms with van der Waals surface area (Å²) in [6, 6.07) is 1.30. The zero-order valence-corrected chi connectivity index (χ0v) is 23.4. The van der Waals surface area contributed by atoms with Crippen LogP contribution in [-0.2, 0) is 35.2 Å². The molecule has 0 heterocycles. The molecule has 4 amide bonds. The van der Waals surface area contributed by atoms with Crippen LogP contribution >= 0.6 is 0 Å². The van der Waals surface area contributed by atoms with E-state index in [-0.39, 0.29) is 31.4 Å². The first kappa shape index (κ1) is 34.8. The van der Waals surface area contributed by atoms with Crippen molar-refractivity contribution in [1.29, 1.82) is 0 Å². The van der Waals surface area contributed by atoms with Crippen LogP contribution in [0.1, 0.15) is 63.9 Å². The number of amides is 4. The average Bonchev–Trinajstić information content (AvgIpc) is 2.91. The van der Waals surface area contributed by atoms with E-state index in [4.69, 9.17) is 15.9 Å². The van der Waals surface area contributed by atoms with E-state index in [0.717, 1.165) is 12.8 Å². The fraction of sp³-hybridized carbons (Fsp3) is 0.556. The smallest absolute Gasteiger partial charge is 0.303 e. The topological polar surface area (TPSA) is 237 Å². The van der Waals surface area contributed by atoms with Crippen molar-refractivity contribution in [1.82, 2.24) is 21.3 Å². The molecule has 1 aromatic carbocycles. The standard InChI is InChI=1S/C27H41N5O9/c1-3-4-5-6-18(24(28)38)30-27(41)21(15-16-7-9-17(33)10-8-16)32-26(40)20(12-14-23(36)37)31-25(39)19(29-2)11-13-22(34)35/h7-10,18-21,29,33H,3-6,11-15H2,1-2H3,(H2,28,38)(H,30,41)(H,31,39)(H,32,40)(H,34,35)(H,36,37). The number of likely N-dealkylation sites (N-methyl/N-ethyl adjacent to an activating group) is 1. The van der Waals surface area contributed by atoms with Crippen LogP contribution in [0.3, 0.4) is 0 Å². The molecule has 9 N–H and O–H groups in total. The van der Waals surface area contributed by atoms with Crippen molar-refractivity contribution in [3.63, 3.8) is 0 Å². The number of phenols is 1. The molecule has 14 nitrogen and oxygen atoms in total. The minimum absolute atomic E-state index is 0.0121. The number of rotatable bonds is 20. The number of benzene rings is 1. The number of unbranched alkanes of at least 4 members (excludes halogenated alkanes) is 2. The van der Waals surface area contributed by atoms with Crippen LogP contribution < -0.4 is 27.0 Å². The first-order valence-corrected chi connectivity index (χ1v) is 13.5. The molecule has 0 saturated carbocycles. The molecule has 4 unspecified atom stereocenters. The van der Waals surface area contributed by atoms with E-state index in [1.807, 2.05) is 6.92 Å². The van der Waals surface area contributed by atoms with Crippen molar-refractivity contribution in [3.8, 4) is 5.75 Å². The number of nitrogens with two attached hydrogens (primary N) is 1. The number of phenolic OH excluding ortho intramolecular Hbond substituents is 1. The Morgan fingerprint density at radius 1 is 0.732 bits per heavy atom. The van der Waals surface area contributed by atoms with E-state index >= 15 is 0 Å². The van der Waals surface area contributed by atoms with Crippen LogP contribution in [0.25, 0.3) is 0 Å². The maximum atomic E-state index is 13.3. The van der Waals surface area contributed by atoms with Crippen molar-refractivity contribution >= 4 is 35.6 Å². The minimum atomic E-state index is -1.37. The largest absolute Gasteiger partial charge is 0.508 e. The Morgan fingerprint density at radius 2 is 1.22 bits per heavy atom. The van der Waals surface area contributed by atoms with Gasteiger partial charge in [0.15, 0.2) is 0 Å². The molecule has 1 rings (SSSR count). The van der Waals surface area contributed by atoms with Crippen LogP contribution in [-0.4, -0.2) is 82.1 Å². The van der Waals surface area contributed by atoms with Crippen LogP contribution in [0.15, 0.2) is 24.3 Å². The summed E-state index contributed by atoms with van der Waals surface area (Å²) in [6.45, 7) is 1.98. The summed E-state index contributed by atoms with van der Waals surface area (Å²) in [5.41, 5.74) is 6.03. The predicted octanol–water partition coefficient (Wildman–Crippen LogP) is -0.228. The van der Waals surface area contributed by atoms with Crippen LogP contribution in [0, 0.1) is 0 Å². The van der Waals surface area contributed by atoms with E-state index in [0.29, 0.717) is 18.4 Å². The number of hydrogen-bond donors (Lipinski definition) is 8. The molecule has 228 valence electrons. The van der Waals surface area contributed by atoms with Gasteiger partial charge in [-0.15, -0.1) is 0 Å². The van der Waals surface area contributed by atoms with E-state index in [1.54, 1.807) is 0 Å². The number of aliphatic carboxylic acids is 2. The second-order valence-corrected chi connectivity index (χ2v) is 9.66. The van der Waals surface area contributed by atoms with Gasteiger partial charge in [-0.25, -0.2) is 0 Å². The van der Waals surface area contributed by atoms with E-state index in [9.17, 15) is 33.9 Å². The summed E-state index contributed by atoms with van der Waals surface area (Å²) in [4.78, 5) is 73.5. The van der Waals surface area contributed by atoms with Gasteiger partial charge >= 0.3 is 11.9 Å². The summed E-state index contributed by atoms with van der Waals surface area (Å²) in [5, 5.41) is 37.9. The molecule has 4 atom stereocenters. The Balaban J connectivity index is 3.19. The quantitative estimate of drug-likeness (QED) is 0.0944. The van der Waals surface area contributed by atoms with Crippen molar-refractivity contribution in [3.05, 3.63) is 29.8 Å². The first-order chi connectivity index (χ1) is 19.4. The first-order valence-electron chi connectivity index (χ1n) is 13.5. The zero-order valence-electron chi connectivity index (χ0n) is 23.4. The van der Waals surface area contributed by atoms with Gasteiger partial charge in [0, 0.05) is 19.3 Å². The van der Waals surface area contributed by atoms with Crippen LogP contribution in [0.5, 0.6) is 5.75 Å². The molecule has 0 aliphatic carbocycles. The molecule has 0 spiro atoms. The summed E-state index contributed by atoms with van der Waals surface area (Å²) < 4.78 is 0. The van der Waals surface area contributed by atoms with E-state index in [1.165, 1.54) is 31.3 Å². The Labute approximate surface area is 238 Å². The number of carboxylic acids is 2. The fourth-order valence-corrected chi connectivity index (χ4v) is 3.99. The predicted molar refractivity (Wildman–Crippen MR) is 148 cm³/mol. The lowest BCUT2D eigenvalue weighted by atomic mass is 10.0. The molecule has 0 saturated heterocycles. The third kappa shape index (κ3) is 13.6. The van der Waals surface area contributed by atoms with E-state index in [2.05, 4.69) is 21.3 Å². The van der Waals surface area contributed by atoms with Gasteiger partial charge in [0.2, 0.25) is 23.6 Å². The Kier molecular flexibility index (Phi) is 15.5. The Morgan fingerprint density at radius 3 is 1.73 bits per heavy atom. The summed E-state index contributed by atoms with van der Waals surface area (Å²) in [5.74, 6) is -5.38. The molecular weight excluding hydrogens is 538 g/mol. The third-order valence-corrected chi connectivity index (χ3v) is 6.36. The Hall–Kier alpha value is -4.20. The van der Waals surface area contributed by atoms with Gasteiger partial charge < -0.3 is 42.3 Å². The number of aromatic hydroxyl groups is 1. The lowest BCUT2D eigenvalue weighted by Crippen LogP contribution is -2.58. The molecule has 0 aliphatic heterocycles. The highest BCUT2D eigenvalue weighted by Crippen LogP contribution is 2.13. The maximum Gasteiger partial charge on any atom is 0.303 e. The second-order valence-electron chi connectivity index (χ2n) is 9.66. The van der Waals surface area contributed by atoms with Gasteiger partial charge in [-0.2, -0.15) is 0 Å². The summed E-state index contributed by atoms with van der Waals surface area (Å²) in [7, 11) is 1.44. The molecule has 41 heavy (non-hydrogen) atoms. The highest BCUT2D eigenvalue weighted by atomic mass is 16.4. The second kappa shape index (κ2) is 18.2. The number of carbonyl (C=O) groups is 6. The number of carboxylic acid groups (broad SMARTS) is 2. The van der Waals surface area contributed by atoms with Crippen molar-refractivity contribution in [2.24, 2.45) is 5.73 Å². The number of nitrogens with one attached hydrogen (secondary N) is 4. The summed E-state index contributed by atoms with van der Waals surface area (Å²) in [6.07, 6.45) is 1.39. The molecule has 14 heteroatoms. The molecular formula is C27H41N5O9. The molecule has 0 radical (unpaired) electrons. The lowest BCUT2D eigenvalue weighted by Gasteiger charge is -2.26. The number of hydrogen-bond acceptors (Lipinski definition) is 8. The molecule has 0 fully saturated rings. The molecule has 0 aliphatic rings. The molecule has 0 aromatic heterocycles. The van der Waals surface area contributed by atoms with Gasteiger partial charge in [-0.05, 0) is 44.0 Å². The lowest BCUT2D eigenvalue weighted by molar-refractivity contribution is -0.139. The molecule has 0 bridgehead atoms. The van der Waals surface area contributed by atoms with Crippen molar-refractivity contribution in [2.75, 3.05) is 7.05 Å². The van der Waals surface area contributed by atoms with E-state index < -0.39 is 66.2 Å². The normalized spacial score (nSPS) is 13.7. The number of carbonyl (C=O) groups excluding carboxylic acids is 4. The van der Waals surface area contributed by atoms with Crippen LogP contribution in [0.4, 0.5) is 0 Å². The van der Waals surface area contributed by atoms with Gasteiger partial charge in [-0.3, -0.25) is 28.8 Å². The third-order valence-electron chi connectivity index (χ3n) is 6.36. The average molecular weight is 580 g/mol. The minimum Gasteiger partial charge on any atom is -0.508 e. The highest BCUT2D eigenvalue weighted by Gasteiger charge is 2.31. The van der Waals surface area contributed by atoms with Crippen LogP contribution in [0.2, 0.25) is 0 Å². The van der Waals surface area contributed by atoms with Crippen molar-refractivity contribution in [2.45, 2.75) is 88.9 Å². The van der Waals surface area contributed by atoms with Crippen molar-refractivity contribution < 1.29 is 44.1 Å². The monoisotopic (exact) mass is 579 g/mol. The Bertz CT molecular complexity index is 1050. The van der Waals surface area contributed by atoms with Gasteiger partial charge in [0.25, 0.3) is 0 Å². The summed E-state index contributed by atoms with van der Waals surface area (Å²) >= 11 is 0. The van der Waals surface area contributed by atoms with Gasteiger partial charge in [-0.1, -0.05) is 38.3 Å². The zero-order chi connectivity index (χ0) is 30.9. The fourth-order valence-electron chi connectivity index (χ4n) is 3.99. The highest BCUT2D eigenvalue weighted by molar-refractivity contribution is 5.95. The number of primary amides is 1. The maximum absolute atomic E-state index is 13.3. The molecule has 1 aromatic rings. The SMILES string of the molecule is CCCCCC(NC(=O)C(Cc1ccc(O)cc1)NC(=O)C(CCC(=O)O)NC(=O)C(CCC(=O)O)NC)C(N)=O. The van der Waals surface area contributed by atoms with Gasteiger partial charge in [0.05, 0.1) is 6.04 Å².